The molecule has 2 N–H and O–H groups in total. The van der Waals surface area contributed by atoms with Crippen LogP contribution in [0.4, 0.5) is 5.69 Å². The van der Waals surface area contributed by atoms with Gasteiger partial charge in [0.05, 0.1) is 24.8 Å². The molecule has 2 aromatic carbocycles. The van der Waals surface area contributed by atoms with E-state index in [0.717, 1.165) is 17.7 Å². The fraction of sp³-hybridized carbons (Fsp3) is 0.240. The predicted molar refractivity (Wildman–Crippen MR) is 130 cm³/mol. The van der Waals surface area contributed by atoms with Gasteiger partial charge >= 0.3 is 0 Å². The molecule has 1 aromatic heterocycles. The van der Waals surface area contributed by atoms with Crippen LogP contribution in [0.1, 0.15) is 29.7 Å². The van der Waals surface area contributed by atoms with Crippen molar-refractivity contribution in [1.29, 1.82) is 0 Å². The summed E-state index contributed by atoms with van der Waals surface area (Å²) >= 11 is 0. The molecule has 0 radical (unpaired) electrons. The van der Waals surface area contributed by atoms with Crippen molar-refractivity contribution in [1.82, 2.24) is 10.7 Å². The zero-order chi connectivity index (χ0) is 25.2. The van der Waals surface area contributed by atoms with Crippen molar-refractivity contribution in [3.05, 3.63) is 81.6 Å². The Morgan fingerprint density at radius 2 is 1.89 bits per heavy atom. The lowest BCUT2D eigenvalue weighted by atomic mass is 10.1. The monoisotopic (exact) mass is 478 g/mol. The van der Waals surface area contributed by atoms with Gasteiger partial charge in [-0.15, -0.1) is 0 Å². The number of nitro groups is 1. The number of furan rings is 1. The summed E-state index contributed by atoms with van der Waals surface area (Å²) in [5.74, 6) is 0.881. The summed E-state index contributed by atoms with van der Waals surface area (Å²) in [6, 6.07) is 15.7. The van der Waals surface area contributed by atoms with Gasteiger partial charge in [0, 0.05) is 23.6 Å². The highest BCUT2D eigenvalue weighted by atomic mass is 16.6. The molecule has 0 fully saturated rings. The van der Waals surface area contributed by atoms with E-state index in [2.05, 4.69) is 15.8 Å². The van der Waals surface area contributed by atoms with Crippen LogP contribution < -0.4 is 15.5 Å². The number of ether oxygens (including phenoxy) is 1. The first-order valence-corrected chi connectivity index (χ1v) is 10.9. The van der Waals surface area contributed by atoms with Gasteiger partial charge in [0.1, 0.15) is 17.3 Å². The van der Waals surface area contributed by atoms with E-state index in [0.29, 0.717) is 35.5 Å². The fourth-order valence-corrected chi connectivity index (χ4v) is 3.38. The number of hydrogen-bond acceptors (Lipinski definition) is 7. The second kappa shape index (κ2) is 12.1. The van der Waals surface area contributed by atoms with E-state index in [1.54, 1.807) is 38.3 Å². The lowest BCUT2D eigenvalue weighted by Gasteiger charge is -2.05. The van der Waals surface area contributed by atoms with Gasteiger partial charge in [0.25, 0.3) is 11.6 Å². The molecule has 10 heteroatoms. The van der Waals surface area contributed by atoms with Crippen LogP contribution in [0.3, 0.4) is 0 Å². The van der Waals surface area contributed by atoms with E-state index >= 15 is 0 Å². The third kappa shape index (κ3) is 7.26. The number of carbonyl (C=O) groups excluding carboxylic acids is 2. The highest BCUT2D eigenvalue weighted by molar-refractivity contribution is 5.86. The van der Waals surface area contributed by atoms with Crippen molar-refractivity contribution in [2.24, 2.45) is 5.10 Å². The van der Waals surface area contributed by atoms with Gasteiger partial charge in [0.15, 0.2) is 0 Å². The topological polar surface area (TPSA) is 136 Å². The molecule has 2 amide bonds. The number of aryl methyl sites for hydroxylation is 1. The van der Waals surface area contributed by atoms with Crippen LogP contribution in [0.25, 0.3) is 11.3 Å². The summed E-state index contributed by atoms with van der Waals surface area (Å²) in [5, 5.41) is 17.5. The Labute approximate surface area is 202 Å². The Morgan fingerprint density at radius 3 is 2.60 bits per heavy atom. The van der Waals surface area contributed by atoms with Crippen molar-refractivity contribution in [2.45, 2.75) is 26.2 Å². The van der Waals surface area contributed by atoms with Crippen molar-refractivity contribution in [3.63, 3.8) is 0 Å². The fourth-order valence-electron chi connectivity index (χ4n) is 3.38. The van der Waals surface area contributed by atoms with Crippen LogP contribution in [0.2, 0.25) is 0 Å². The summed E-state index contributed by atoms with van der Waals surface area (Å²) in [7, 11) is 1.61. The standard InChI is InChI=1S/C25H26N4O6/c1-17-21(6-4-7-22(17)29(32)33)23-14-13-20(35-23)15-27-28-25(31)16-26-24(30)8-3-5-18-9-11-19(34-2)12-10-18/h4,6-7,9-15H,3,5,8,16H2,1-2H3,(H,26,30)(H,28,31)/b27-15-. The summed E-state index contributed by atoms with van der Waals surface area (Å²) in [6.45, 7) is 1.45. The van der Waals surface area contributed by atoms with E-state index in [1.807, 2.05) is 24.3 Å². The highest BCUT2D eigenvalue weighted by Crippen LogP contribution is 2.30. The Hall–Kier alpha value is -4.47. The van der Waals surface area contributed by atoms with E-state index in [4.69, 9.17) is 9.15 Å². The largest absolute Gasteiger partial charge is 0.497 e. The Balaban J connectivity index is 1.40. The molecule has 0 bridgehead atoms. The predicted octanol–water partition coefficient (Wildman–Crippen LogP) is 3.76. The zero-order valence-electron chi connectivity index (χ0n) is 19.4. The van der Waals surface area contributed by atoms with Crippen LogP contribution in [-0.4, -0.2) is 36.6 Å². The Bertz CT molecular complexity index is 1220. The molecule has 0 saturated heterocycles. The third-order valence-electron chi connectivity index (χ3n) is 5.25. The van der Waals surface area contributed by atoms with E-state index in [9.17, 15) is 19.7 Å². The zero-order valence-corrected chi connectivity index (χ0v) is 19.4. The molecule has 182 valence electrons. The van der Waals surface area contributed by atoms with Crippen LogP contribution in [0.15, 0.2) is 64.1 Å². The number of carbonyl (C=O) groups is 2. The first kappa shape index (κ1) is 25.2. The molecule has 0 saturated carbocycles. The summed E-state index contributed by atoms with van der Waals surface area (Å²) in [6.07, 6.45) is 3.01. The van der Waals surface area contributed by atoms with Gasteiger partial charge in [-0.2, -0.15) is 5.10 Å². The normalized spacial score (nSPS) is 10.8. The van der Waals surface area contributed by atoms with E-state index < -0.39 is 10.8 Å². The Morgan fingerprint density at radius 1 is 1.11 bits per heavy atom. The van der Waals surface area contributed by atoms with Crippen molar-refractivity contribution in [3.8, 4) is 17.1 Å². The third-order valence-corrected chi connectivity index (χ3v) is 5.25. The van der Waals surface area contributed by atoms with Crippen LogP contribution in [0, 0.1) is 17.0 Å². The number of rotatable bonds is 11. The summed E-state index contributed by atoms with van der Waals surface area (Å²) in [5.41, 5.74) is 4.51. The van der Waals surface area contributed by atoms with Crippen molar-refractivity contribution >= 4 is 23.7 Å². The smallest absolute Gasteiger partial charge is 0.273 e. The summed E-state index contributed by atoms with van der Waals surface area (Å²) < 4.78 is 10.8. The van der Waals surface area contributed by atoms with Crippen LogP contribution >= 0.6 is 0 Å². The SMILES string of the molecule is COc1ccc(CCCC(=O)NCC(=O)N/N=C\c2ccc(-c3cccc([N+](=O)[O-])c3C)o2)cc1. The number of hydrazone groups is 1. The molecule has 3 aromatic rings. The van der Waals surface area contributed by atoms with Gasteiger partial charge < -0.3 is 14.5 Å². The molecular formula is C25H26N4O6. The molecule has 3 rings (SSSR count). The first-order valence-electron chi connectivity index (χ1n) is 10.9. The molecular weight excluding hydrogens is 452 g/mol. The van der Waals surface area contributed by atoms with Crippen molar-refractivity contribution < 1.29 is 23.7 Å². The minimum atomic E-state index is -0.480. The quantitative estimate of drug-likeness (QED) is 0.245. The first-order chi connectivity index (χ1) is 16.9. The lowest BCUT2D eigenvalue weighted by molar-refractivity contribution is -0.385. The average Bonchev–Trinajstić information content (AvgIpc) is 3.31. The number of methoxy groups -OCH3 is 1. The van der Waals surface area contributed by atoms with Gasteiger partial charge in [-0.05, 0) is 49.6 Å². The van der Waals surface area contributed by atoms with Crippen LogP contribution in [-0.2, 0) is 16.0 Å². The van der Waals surface area contributed by atoms with Crippen molar-refractivity contribution in [2.75, 3.05) is 13.7 Å². The lowest BCUT2D eigenvalue weighted by Crippen LogP contribution is -2.34. The van der Waals surface area contributed by atoms with Gasteiger partial charge in [-0.25, -0.2) is 5.43 Å². The number of nitrogens with one attached hydrogen (secondary N) is 2. The number of nitro benzene ring substituents is 1. The van der Waals surface area contributed by atoms with Crippen LogP contribution in [0.5, 0.6) is 5.75 Å². The second-order valence-corrected chi connectivity index (χ2v) is 7.68. The van der Waals surface area contributed by atoms with Gasteiger partial charge in [0.2, 0.25) is 5.91 Å². The summed E-state index contributed by atoms with van der Waals surface area (Å²) in [4.78, 5) is 34.6. The maximum atomic E-state index is 12.0. The highest BCUT2D eigenvalue weighted by Gasteiger charge is 2.16. The molecule has 0 aliphatic carbocycles. The average molecular weight is 479 g/mol. The van der Waals surface area contributed by atoms with E-state index in [1.165, 1.54) is 12.3 Å². The van der Waals surface area contributed by atoms with Gasteiger partial charge in [-0.3, -0.25) is 19.7 Å². The molecule has 0 unspecified atom stereocenters. The molecule has 0 spiro atoms. The minimum absolute atomic E-state index is 0.00385. The number of amides is 2. The van der Waals surface area contributed by atoms with E-state index in [-0.39, 0.29) is 18.1 Å². The Kier molecular flexibility index (Phi) is 8.71. The number of nitrogens with zero attached hydrogens (tertiary/aromatic N) is 2. The van der Waals surface area contributed by atoms with Gasteiger partial charge in [-0.1, -0.05) is 24.3 Å². The molecule has 35 heavy (non-hydrogen) atoms. The maximum Gasteiger partial charge on any atom is 0.273 e. The maximum absolute atomic E-state index is 12.0. The number of benzene rings is 2. The molecule has 10 nitrogen and oxygen atoms in total. The number of hydrogen-bond donors (Lipinski definition) is 2. The molecule has 0 atom stereocenters. The molecule has 0 aliphatic heterocycles. The molecule has 0 aliphatic rings. The second-order valence-electron chi connectivity index (χ2n) is 7.68. The molecule has 1 heterocycles. The minimum Gasteiger partial charge on any atom is -0.497 e.